The smallest absolute Gasteiger partial charge is 0.260 e. The lowest BCUT2D eigenvalue weighted by Gasteiger charge is -2.50. The molecule has 4 amide bonds. The number of allylic oxidation sites excluding steroid dienone is 2. The molecule has 4 aromatic carbocycles. The first-order valence-electron chi connectivity index (χ1n) is 16.5. The molecular formula is C39H29Cl3IN3O6. The van der Waals surface area contributed by atoms with Crippen LogP contribution in [0.1, 0.15) is 29.9 Å². The Labute approximate surface area is 327 Å². The molecule has 0 bridgehead atoms. The lowest BCUT2D eigenvalue weighted by molar-refractivity contribution is -0.138. The summed E-state index contributed by atoms with van der Waals surface area (Å²) in [5.74, 6) is -5.52. The van der Waals surface area contributed by atoms with E-state index in [1.165, 1.54) is 24.1 Å². The number of rotatable bonds is 6. The molecule has 8 rings (SSSR count). The molecular weight excluding hydrogens is 840 g/mol. The van der Waals surface area contributed by atoms with E-state index in [-0.39, 0.29) is 41.1 Å². The summed E-state index contributed by atoms with van der Waals surface area (Å²) in [7, 11) is 1.53. The molecule has 2 aliphatic heterocycles. The summed E-state index contributed by atoms with van der Waals surface area (Å²) in [6.07, 6.45) is 2.23. The second-order valence-electron chi connectivity index (χ2n) is 13.4. The van der Waals surface area contributed by atoms with Crippen molar-refractivity contribution < 1.29 is 29.0 Å². The number of aromatic hydroxyl groups is 1. The molecule has 2 saturated heterocycles. The summed E-state index contributed by atoms with van der Waals surface area (Å²) >= 11 is 21.4. The Hall–Kier alpha value is -4.10. The average Bonchev–Trinajstić information content (AvgIpc) is 3.51. The molecule has 0 aromatic heterocycles. The summed E-state index contributed by atoms with van der Waals surface area (Å²) < 4.78 is 6.40. The van der Waals surface area contributed by atoms with E-state index in [0.29, 0.717) is 38.2 Å². The molecule has 13 heteroatoms. The number of halogens is 4. The number of hydrazine groups is 1. The van der Waals surface area contributed by atoms with Crippen LogP contribution in [0, 0.1) is 27.2 Å². The van der Waals surface area contributed by atoms with Crippen molar-refractivity contribution in [2.45, 2.75) is 24.2 Å². The fourth-order valence-corrected chi connectivity index (χ4v) is 9.78. The van der Waals surface area contributed by atoms with Gasteiger partial charge in [0.1, 0.15) is 11.5 Å². The summed E-state index contributed by atoms with van der Waals surface area (Å²) in [6.45, 7) is 0. The van der Waals surface area contributed by atoms with Crippen LogP contribution in [0.5, 0.6) is 11.5 Å². The highest BCUT2D eigenvalue weighted by Gasteiger charge is 2.70. The molecule has 2 heterocycles. The number of methoxy groups -OCH3 is 1. The topological polar surface area (TPSA) is 116 Å². The van der Waals surface area contributed by atoms with Crippen LogP contribution in [-0.2, 0) is 24.6 Å². The van der Waals surface area contributed by atoms with Gasteiger partial charge in [-0.05, 0) is 120 Å². The number of phenolic OH excluding ortho intramolecular Hbond substituents is 1. The van der Waals surface area contributed by atoms with Crippen molar-refractivity contribution in [3.63, 3.8) is 0 Å². The van der Waals surface area contributed by atoms with Crippen LogP contribution in [0.4, 0.5) is 11.4 Å². The van der Waals surface area contributed by atoms with Crippen LogP contribution in [0.3, 0.4) is 0 Å². The zero-order valence-corrected chi connectivity index (χ0v) is 31.8. The standard InChI is InChI=1S/C39H29Cl3IN3O6/c1-52-24-10-2-19(3-11-24)39-29(36(49)46(38(39)51)44-31-14-4-21(41)17-30(31)42)18-27-25(34(39)28-16-20(40)5-15-32(28)47)12-13-26-33(27)37(50)45(35(26)48)23-8-6-22(43)7-9-23/h2-12,14-17,26-27,29,33-34,44,47H,13,18H2,1H3. The molecule has 4 aliphatic rings. The van der Waals surface area contributed by atoms with Crippen LogP contribution in [-0.4, -0.2) is 40.9 Å². The number of ether oxygens (including phenoxy) is 1. The van der Waals surface area contributed by atoms with Gasteiger partial charge in [-0.3, -0.25) is 29.5 Å². The van der Waals surface area contributed by atoms with E-state index in [9.17, 15) is 19.5 Å². The predicted octanol–water partition coefficient (Wildman–Crippen LogP) is 8.16. The molecule has 6 unspecified atom stereocenters. The number of imide groups is 2. The molecule has 9 nitrogen and oxygen atoms in total. The summed E-state index contributed by atoms with van der Waals surface area (Å²) in [5, 5.41) is 13.4. The maximum Gasteiger partial charge on any atom is 0.260 e. The van der Waals surface area contributed by atoms with Crippen molar-refractivity contribution in [2.24, 2.45) is 23.7 Å². The molecule has 6 atom stereocenters. The molecule has 0 radical (unpaired) electrons. The number of fused-ring (bicyclic) bond motifs is 4. The van der Waals surface area contributed by atoms with E-state index in [1.54, 1.807) is 60.7 Å². The number of carbonyl (C=O) groups is 4. The Kier molecular flexibility index (Phi) is 8.80. The fraction of sp³-hybridized carbons (Fsp3) is 0.231. The Balaban J connectivity index is 1.34. The van der Waals surface area contributed by atoms with Crippen molar-refractivity contribution in [1.82, 2.24) is 5.01 Å². The van der Waals surface area contributed by atoms with Crippen molar-refractivity contribution in [3.8, 4) is 11.5 Å². The SMILES string of the molecule is COc1ccc(C23C(=O)N(Nc4ccc(Cl)cc4Cl)C(=O)C2CC2C(=CCC4C(=O)N(c5ccc(I)cc5)C(=O)C42)C3c2cc(Cl)ccc2O)cc1. The molecule has 4 aromatic rings. The van der Waals surface area contributed by atoms with Crippen molar-refractivity contribution in [2.75, 3.05) is 17.4 Å². The van der Waals surface area contributed by atoms with E-state index in [2.05, 4.69) is 28.0 Å². The van der Waals surface area contributed by atoms with Gasteiger partial charge in [-0.2, -0.15) is 5.01 Å². The van der Waals surface area contributed by atoms with Gasteiger partial charge in [0.15, 0.2) is 0 Å². The van der Waals surface area contributed by atoms with Gasteiger partial charge in [-0.1, -0.05) is 58.6 Å². The van der Waals surface area contributed by atoms with Crippen LogP contribution in [0.15, 0.2) is 96.6 Å². The second kappa shape index (κ2) is 13.1. The number of carbonyl (C=O) groups excluding carboxylic acids is 4. The number of benzene rings is 4. The Morgan fingerprint density at radius 1 is 0.846 bits per heavy atom. The van der Waals surface area contributed by atoms with Gasteiger partial charge in [0.2, 0.25) is 11.8 Å². The molecule has 2 N–H and O–H groups in total. The molecule has 2 aliphatic carbocycles. The van der Waals surface area contributed by atoms with Gasteiger partial charge in [0.05, 0.1) is 46.7 Å². The first kappa shape index (κ1) is 35.0. The van der Waals surface area contributed by atoms with Gasteiger partial charge in [0.25, 0.3) is 11.8 Å². The highest BCUT2D eigenvalue weighted by Crippen LogP contribution is 2.65. The molecule has 264 valence electrons. The lowest BCUT2D eigenvalue weighted by atomic mass is 9.49. The van der Waals surface area contributed by atoms with Crippen molar-refractivity contribution in [1.29, 1.82) is 0 Å². The van der Waals surface area contributed by atoms with Crippen molar-refractivity contribution in [3.05, 3.63) is 126 Å². The maximum atomic E-state index is 15.3. The normalized spacial score (nSPS) is 26.6. The molecule has 3 fully saturated rings. The second-order valence-corrected chi connectivity index (χ2v) is 15.9. The third-order valence-corrected chi connectivity index (χ3v) is 12.5. The molecule has 52 heavy (non-hydrogen) atoms. The van der Waals surface area contributed by atoms with E-state index >= 15 is 4.79 Å². The van der Waals surface area contributed by atoms with Crippen LogP contribution < -0.4 is 15.1 Å². The van der Waals surface area contributed by atoms with Gasteiger partial charge in [-0.25, -0.2) is 0 Å². The number of amides is 4. The first-order chi connectivity index (χ1) is 24.9. The fourth-order valence-electron chi connectivity index (χ4n) is 8.79. The number of nitrogens with one attached hydrogen (secondary N) is 1. The largest absolute Gasteiger partial charge is 0.508 e. The first-order valence-corrected chi connectivity index (χ1v) is 18.7. The highest BCUT2D eigenvalue weighted by molar-refractivity contribution is 14.1. The number of phenols is 1. The monoisotopic (exact) mass is 867 g/mol. The Bertz CT molecular complexity index is 2210. The highest BCUT2D eigenvalue weighted by atomic mass is 127. The minimum absolute atomic E-state index is 0.0769. The maximum absolute atomic E-state index is 15.3. The zero-order chi connectivity index (χ0) is 36.6. The quantitative estimate of drug-likeness (QED) is 0.114. The minimum atomic E-state index is -1.63. The van der Waals surface area contributed by atoms with Crippen LogP contribution >= 0.6 is 57.4 Å². The Morgan fingerprint density at radius 3 is 2.23 bits per heavy atom. The van der Waals surface area contributed by atoms with E-state index in [0.717, 1.165) is 8.58 Å². The number of hydrogen-bond acceptors (Lipinski definition) is 7. The number of hydrogen-bond donors (Lipinski definition) is 2. The van der Waals surface area contributed by atoms with Gasteiger partial charge < -0.3 is 9.84 Å². The predicted molar refractivity (Wildman–Crippen MR) is 205 cm³/mol. The lowest BCUT2D eigenvalue weighted by Crippen LogP contribution is -2.53. The average molecular weight is 869 g/mol. The van der Waals surface area contributed by atoms with Crippen LogP contribution in [0.2, 0.25) is 15.1 Å². The molecule has 0 spiro atoms. The van der Waals surface area contributed by atoms with Gasteiger partial charge in [-0.15, -0.1) is 0 Å². The van der Waals surface area contributed by atoms with Gasteiger partial charge in [0, 0.05) is 25.1 Å². The third kappa shape index (κ3) is 5.24. The Morgan fingerprint density at radius 2 is 1.54 bits per heavy atom. The summed E-state index contributed by atoms with van der Waals surface area (Å²) in [4.78, 5) is 59.9. The minimum Gasteiger partial charge on any atom is -0.508 e. The van der Waals surface area contributed by atoms with Gasteiger partial charge >= 0.3 is 0 Å². The van der Waals surface area contributed by atoms with Crippen LogP contribution in [0.25, 0.3) is 0 Å². The molecule has 1 saturated carbocycles. The number of nitrogens with zero attached hydrogens (tertiary/aromatic N) is 2. The van der Waals surface area contributed by atoms with E-state index < -0.39 is 46.8 Å². The summed E-state index contributed by atoms with van der Waals surface area (Å²) in [6, 6.07) is 23.3. The van der Waals surface area contributed by atoms with E-state index in [4.69, 9.17) is 39.5 Å². The van der Waals surface area contributed by atoms with Crippen molar-refractivity contribution >= 4 is 92.4 Å². The zero-order valence-electron chi connectivity index (χ0n) is 27.4. The summed E-state index contributed by atoms with van der Waals surface area (Å²) in [5.41, 5.74) is 3.59. The number of anilines is 2. The third-order valence-electron chi connectivity index (χ3n) is 11.0. The van der Waals surface area contributed by atoms with E-state index in [1.807, 2.05) is 18.2 Å².